The second-order valence-corrected chi connectivity index (χ2v) is 4.59. The number of amides is 1. The Morgan fingerprint density at radius 3 is 2.67 bits per heavy atom. The molecular weight excluding hydrogens is 192 g/mol. The Morgan fingerprint density at radius 2 is 2.27 bits per heavy atom. The number of rotatable bonds is 6. The zero-order valence-corrected chi connectivity index (χ0v) is 9.88. The van der Waals surface area contributed by atoms with E-state index in [4.69, 9.17) is 10.5 Å². The summed E-state index contributed by atoms with van der Waals surface area (Å²) in [5, 5.41) is 2.94. The van der Waals surface area contributed by atoms with Crippen LogP contribution >= 0.6 is 0 Å². The van der Waals surface area contributed by atoms with Crippen molar-refractivity contribution in [1.29, 1.82) is 0 Å². The molecule has 0 bridgehead atoms. The average Bonchev–Trinajstić information content (AvgIpc) is 3.00. The van der Waals surface area contributed by atoms with Crippen molar-refractivity contribution in [2.24, 2.45) is 11.7 Å². The first-order chi connectivity index (χ1) is 7.02. The first-order valence-electron chi connectivity index (χ1n) is 5.61. The van der Waals surface area contributed by atoms with Crippen LogP contribution in [0.25, 0.3) is 0 Å². The topological polar surface area (TPSA) is 64.3 Å². The molecule has 15 heavy (non-hydrogen) atoms. The molecule has 0 heterocycles. The van der Waals surface area contributed by atoms with E-state index in [9.17, 15) is 4.79 Å². The van der Waals surface area contributed by atoms with Crippen molar-refractivity contribution in [2.45, 2.75) is 44.7 Å². The van der Waals surface area contributed by atoms with Crippen LogP contribution in [0, 0.1) is 5.92 Å². The number of carbonyl (C=O) groups excluding carboxylic acids is 1. The fourth-order valence-corrected chi connectivity index (χ4v) is 1.67. The predicted molar refractivity (Wildman–Crippen MR) is 59.4 cm³/mol. The van der Waals surface area contributed by atoms with Gasteiger partial charge in [0.25, 0.3) is 0 Å². The number of methoxy groups -OCH3 is 1. The Balaban J connectivity index is 2.45. The molecule has 1 fully saturated rings. The van der Waals surface area contributed by atoms with Gasteiger partial charge in [0.2, 0.25) is 5.91 Å². The van der Waals surface area contributed by atoms with Gasteiger partial charge in [-0.05, 0) is 32.1 Å². The summed E-state index contributed by atoms with van der Waals surface area (Å²) in [5.41, 5.74) is 5.30. The van der Waals surface area contributed by atoms with E-state index in [-0.39, 0.29) is 11.9 Å². The van der Waals surface area contributed by atoms with Gasteiger partial charge in [-0.1, -0.05) is 6.92 Å². The van der Waals surface area contributed by atoms with Gasteiger partial charge in [0.1, 0.15) is 0 Å². The van der Waals surface area contributed by atoms with Gasteiger partial charge in [0, 0.05) is 7.11 Å². The predicted octanol–water partition coefficient (Wildman–Crippen LogP) is 0.655. The monoisotopic (exact) mass is 214 g/mol. The second kappa shape index (κ2) is 4.94. The lowest BCUT2D eigenvalue weighted by atomic mass is 9.95. The summed E-state index contributed by atoms with van der Waals surface area (Å²) in [7, 11) is 1.64. The van der Waals surface area contributed by atoms with E-state index < -0.39 is 5.54 Å². The van der Waals surface area contributed by atoms with Gasteiger partial charge in [0.05, 0.1) is 18.2 Å². The van der Waals surface area contributed by atoms with Crippen molar-refractivity contribution in [3.63, 3.8) is 0 Å². The first kappa shape index (κ1) is 12.5. The Bertz CT molecular complexity index is 225. The standard InChI is InChI=1S/C11H22N2O2/c1-4-9(7-15-3)13-10(14)11(2,12)8-5-6-8/h8-9H,4-7,12H2,1-3H3,(H,13,14). The lowest BCUT2D eigenvalue weighted by Crippen LogP contribution is -2.56. The Labute approximate surface area is 91.5 Å². The lowest BCUT2D eigenvalue weighted by Gasteiger charge is -2.26. The van der Waals surface area contributed by atoms with Gasteiger partial charge < -0.3 is 15.8 Å². The largest absolute Gasteiger partial charge is 0.383 e. The summed E-state index contributed by atoms with van der Waals surface area (Å²) in [6, 6.07) is 0.0733. The van der Waals surface area contributed by atoms with E-state index in [1.165, 1.54) is 0 Å². The summed E-state index contributed by atoms with van der Waals surface area (Å²) in [4.78, 5) is 11.9. The lowest BCUT2D eigenvalue weighted by molar-refractivity contribution is -0.127. The molecule has 0 radical (unpaired) electrons. The molecule has 0 aliphatic heterocycles. The Morgan fingerprint density at radius 1 is 1.67 bits per heavy atom. The Kier molecular flexibility index (Phi) is 4.11. The van der Waals surface area contributed by atoms with E-state index in [2.05, 4.69) is 5.32 Å². The van der Waals surface area contributed by atoms with Gasteiger partial charge in [-0.3, -0.25) is 4.79 Å². The van der Waals surface area contributed by atoms with Gasteiger partial charge in [-0.15, -0.1) is 0 Å². The van der Waals surface area contributed by atoms with Crippen molar-refractivity contribution in [2.75, 3.05) is 13.7 Å². The quantitative estimate of drug-likeness (QED) is 0.682. The van der Waals surface area contributed by atoms with Crippen molar-refractivity contribution < 1.29 is 9.53 Å². The van der Waals surface area contributed by atoms with Gasteiger partial charge in [-0.2, -0.15) is 0 Å². The van der Waals surface area contributed by atoms with Crippen LogP contribution in [0.3, 0.4) is 0 Å². The molecule has 0 aromatic heterocycles. The van der Waals surface area contributed by atoms with Crippen LogP contribution in [0.1, 0.15) is 33.1 Å². The van der Waals surface area contributed by atoms with Gasteiger partial charge in [0.15, 0.2) is 0 Å². The van der Waals surface area contributed by atoms with Crippen molar-refractivity contribution >= 4 is 5.91 Å². The van der Waals surface area contributed by atoms with Crippen LogP contribution in [0.15, 0.2) is 0 Å². The first-order valence-corrected chi connectivity index (χ1v) is 5.61. The Hall–Kier alpha value is -0.610. The second-order valence-electron chi connectivity index (χ2n) is 4.59. The normalized spacial score (nSPS) is 21.9. The number of nitrogens with two attached hydrogens (primary N) is 1. The molecule has 0 saturated heterocycles. The number of hydrogen-bond acceptors (Lipinski definition) is 3. The minimum Gasteiger partial charge on any atom is -0.383 e. The molecule has 1 aliphatic carbocycles. The zero-order valence-electron chi connectivity index (χ0n) is 9.88. The number of nitrogens with one attached hydrogen (secondary N) is 1. The summed E-state index contributed by atoms with van der Waals surface area (Å²) in [6.45, 7) is 4.39. The van der Waals surface area contributed by atoms with Crippen LogP contribution in [0.4, 0.5) is 0 Å². The van der Waals surface area contributed by atoms with E-state index in [1.807, 2.05) is 13.8 Å². The third-order valence-corrected chi connectivity index (χ3v) is 3.11. The van der Waals surface area contributed by atoms with Crippen molar-refractivity contribution in [1.82, 2.24) is 5.32 Å². The molecule has 1 saturated carbocycles. The number of hydrogen-bond donors (Lipinski definition) is 2. The molecule has 2 atom stereocenters. The fourth-order valence-electron chi connectivity index (χ4n) is 1.67. The van der Waals surface area contributed by atoms with Crippen LogP contribution in [0.5, 0.6) is 0 Å². The molecule has 88 valence electrons. The van der Waals surface area contributed by atoms with E-state index in [0.717, 1.165) is 19.3 Å². The molecule has 4 heteroatoms. The molecule has 1 aliphatic rings. The number of carbonyl (C=O) groups is 1. The molecule has 0 aromatic rings. The highest BCUT2D eigenvalue weighted by atomic mass is 16.5. The highest BCUT2D eigenvalue weighted by molar-refractivity contribution is 5.86. The minimum absolute atomic E-state index is 0.0473. The molecule has 0 aromatic carbocycles. The summed E-state index contributed by atoms with van der Waals surface area (Å²) in [5.74, 6) is 0.312. The van der Waals surface area contributed by atoms with Crippen LogP contribution in [0.2, 0.25) is 0 Å². The number of ether oxygens (including phenoxy) is 1. The molecule has 2 unspecified atom stereocenters. The summed E-state index contributed by atoms with van der Waals surface area (Å²) < 4.78 is 5.03. The molecule has 1 amide bonds. The van der Waals surface area contributed by atoms with Crippen molar-refractivity contribution in [3.8, 4) is 0 Å². The SMILES string of the molecule is CCC(COC)NC(=O)C(C)(N)C1CC1. The maximum Gasteiger partial charge on any atom is 0.240 e. The third kappa shape index (κ3) is 3.18. The molecule has 1 rings (SSSR count). The fraction of sp³-hybridized carbons (Fsp3) is 0.909. The van der Waals surface area contributed by atoms with E-state index in [0.29, 0.717) is 12.5 Å². The van der Waals surface area contributed by atoms with E-state index >= 15 is 0 Å². The zero-order chi connectivity index (χ0) is 11.5. The third-order valence-electron chi connectivity index (χ3n) is 3.11. The molecule has 3 N–H and O–H groups in total. The van der Waals surface area contributed by atoms with Gasteiger partial charge in [-0.25, -0.2) is 0 Å². The van der Waals surface area contributed by atoms with Gasteiger partial charge >= 0.3 is 0 Å². The van der Waals surface area contributed by atoms with Crippen molar-refractivity contribution in [3.05, 3.63) is 0 Å². The maximum absolute atomic E-state index is 11.9. The van der Waals surface area contributed by atoms with E-state index in [1.54, 1.807) is 7.11 Å². The molecular formula is C11H22N2O2. The molecule has 0 spiro atoms. The van der Waals surface area contributed by atoms with Crippen LogP contribution in [-0.2, 0) is 9.53 Å². The minimum atomic E-state index is -0.707. The highest BCUT2D eigenvalue weighted by Crippen LogP contribution is 2.38. The maximum atomic E-state index is 11.9. The highest BCUT2D eigenvalue weighted by Gasteiger charge is 2.44. The van der Waals surface area contributed by atoms with Crippen LogP contribution in [-0.4, -0.2) is 31.2 Å². The average molecular weight is 214 g/mol. The summed E-state index contributed by atoms with van der Waals surface area (Å²) in [6.07, 6.45) is 3.00. The summed E-state index contributed by atoms with van der Waals surface area (Å²) >= 11 is 0. The smallest absolute Gasteiger partial charge is 0.240 e. The van der Waals surface area contributed by atoms with Crippen LogP contribution < -0.4 is 11.1 Å². The molecule has 4 nitrogen and oxygen atoms in total.